The first kappa shape index (κ1) is 11.2. The molecule has 4 heteroatoms. The number of rotatable bonds is 3. The second kappa shape index (κ2) is 4.29. The molecule has 0 atom stereocenters. The zero-order valence-electron chi connectivity index (χ0n) is 9.66. The molecule has 0 aliphatic heterocycles. The average Bonchev–Trinajstić information content (AvgIpc) is 2.72. The van der Waals surface area contributed by atoms with Gasteiger partial charge in [0, 0.05) is 0 Å². The SMILES string of the molecule is Cc1cc(N)cnc1NC1(CO)CCCC1. The quantitative estimate of drug-likeness (QED) is 0.726. The van der Waals surface area contributed by atoms with Crippen molar-refractivity contribution in [2.24, 2.45) is 0 Å². The smallest absolute Gasteiger partial charge is 0.129 e. The summed E-state index contributed by atoms with van der Waals surface area (Å²) in [5.41, 5.74) is 7.19. The molecule has 1 aromatic rings. The standard InChI is InChI=1S/C12H19N3O/c1-9-6-10(13)7-14-11(9)15-12(8-16)4-2-3-5-12/h6-7,16H,2-5,8,13H2,1H3,(H,14,15). The number of pyridine rings is 1. The van der Waals surface area contributed by atoms with Crippen LogP contribution >= 0.6 is 0 Å². The van der Waals surface area contributed by atoms with Gasteiger partial charge >= 0.3 is 0 Å². The Morgan fingerprint density at radius 2 is 2.19 bits per heavy atom. The van der Waals surface area contributed by atoms with Gasteiger partial charge < -0.3 is 16.2 Å². The predicted molar refractivity (Wildman–Crippen MR) is 65.3 cm³/mol. The second-order valence-corrected chi connectivity index (χ2v) is 4.70. The van der Waals surface area contributed by atoms with E-state index in [1.807, 2.05) is 13.0 Å². The maximum absolute atomic E-state index is 9.51. The van der Waals surface area contributed by atoms with Crippen LogP contribution in [0.4, 0.5) is 11.5 Å². The van der Waals surface area contributed by atoms with Crippen molar-refractivity contribution < 1.29 is 5.11 Å². The number of hydrogen-bond donors (Lipinski definition) is 3. The molecule has 4 N–H and O–H groups in total. The van der Waals surface area contributed by atoms with Gasteiger partial charge in [0.25, 0.3) is 0 Å². The fourth-order valence-electron chi connectivity index (χ4n) is 2.35. The van der Waals surface area contributed by atoms with Gasteiger partial charge in [0.1, 0.15) is 5.82 Å². The summed E-state index contributed by atoms with van der Waals surface area (Å²) in [6.45, 7) is 2.14. The maximum atomic E-state index is 9.51. The summed E-state index contributed by atoms with van der Waals surface area (Å²) in [5, 5.41) is 12.9. The summed E-state index contributed by atoms with van der Waals surface area (Å²) in [7, 11) is 0. The van der Waals surface area contributed by atoms with E-state index in [0.717, 1.165) is 24.2 Å². The van der Waals surface area contributed by atoms with Gasteiger partial charge in [-0.05, 0) is 31.4 Å². The molecule has 4 nitrogen and oxygen atoms in total. The first-order valence-corrected chi connectivity index (χ1v) is 5.76. The number of aryl methyl sites for hydroxylation is 1. The fraction of sp³-hybridized carbons (Fsp3) is 0.583. The van der Waals surface area contributed by atoms with Gasteiger partial charge in [-0.2, -0.15) is 0 Å². The summed E-state index contributed by atoms with van der Waals surface area (Å²) < 4.78 is 0. The molecule has 0 bridgehead atoms. The number of nitrogens with two attached hydrogens (primary N) is 1. The van der Waals surface area contributed by atoms with E-state index in [0.29, 0.717) is 5.69 Å². The Bertz CT molecular complexity index is 373. The van der Waals surface area contributed by atoms with Crippen LogP contribution < -0.4 is 11.1 Å². The highest BCUT2D eigenvalue weighted by molar-refractivity contribution is 5.52. The number of nitrogens with one attached hydrogen (secondary N) is 1. The average molecular weight is 221 g/mol. The van der Waals surface area contributed by atoms with E-state index < -0.39 is 0 Å². The van der Waals surface area contributed by atoms with Crippen LogP contribution in [0.15, 0.2) is 12.3 Å². The van der Waals surface area contributed by atoms with E-state index in [1.165, 1.54) is 12.8 Å². The molecule has 0 aromatic carbocycles. The van der Waals surface area contributed by atoms with E-state index in [-0.39, 0.29) is 12.1 Å². The van der Waals surface area contributed by atoms with Crippen LogP contribution in [0, 0.1) is 6.92 Å². The molecule has 88 valence electrons. The van der Waals surface area contributed by atoms with Crippen molar-refractivity contribution in [1.29, 1.82) is 0 Å². The van der Waals surface area contributed by atoms with Gasteiger partial charge in [-0.1, -0.05) is 12.8 Å². The van der Waals surface area contributed by atoms with Crippen molar-refractivity contribution in [2.75, 3.05) is 17.7 Å². The van der Waals surface area contributed by atoms with Crippen LogP contribution in [0.25, 0.3) is 0 Å². The third-order valence-electron chi connectivity index (χ3n) is 3.35. The third kappa shape index (κ3) is 2.11. The molecule has 1 aromatic heterocycles. The molecule has 1 fully saturated rings. The Labute approximate surface area is 95.9 Å². The van der Waals surface area contributed by atoms with Crippen LogP contribution in [0.3, 0.4) is 0 Å². The highest BCUT2D eigenvalue weighted by Gasteiger charge is 2.33. The molecule has 1 saturated carbocycles. The minimum atomic E-state index is -0.173. The lowest BCUT2D eigenvalue weighted by atomic mass is 9.98. The molecule has 1 aliphatic carbocycles. The van der Waals surface area contributed by atoms with Gasteiger partial charge in [0.15, 0.2) is 0 Å². The van der Waals surface area contributed by atoms with Crippen LogP contribution in [0.1, 0.15) is 31.2 Å². The number of nitrogens with zero attached hydrogens (tertiary/aromatic N) is 1. The topological polar surface area (TPSA) is 71.2 Å². The van der Waals surface area contributed by atoms with E-state index >= 15 is 0 Å². The zero-order chi connectivity index (χ0) is 11.6. The molecular formula is C12H19N3O. The molecule has 0 radical (unpaired) electrons. The zero-order valence-corrected chi connectivity index (χ0v) is 9.66. The van der Waals surface area contributed by atoms with E-state index in [2.05, 4.69) is 10.3 Å². The first-order chi connectivity index (χ1) is 7.65. The minimum absolute atomic E-state index is 0.165. The summed E-state index contributed by atoms with van der Waals surface area (Å²) in [6, 6.07) is 1.90. The van der Waals surface area contributed by atoms with Crippen molar-refractivity contribution in [3.8, 4) is 0 Å². The Morgan fingerprint density at radius 1 is 1.50 bits per heavy atom. The van der Waals surface area contributed by atoms with Gasteiger partial charge in [-0.25, -0.2) is 4.98 Å². The summed E-state index contributed by atoms with van der Waals surface area (Å²) in [5.74, 6) is 0.838. The number of nitrogen functional groups attached to an aromatic ring is 1. The number of aliphatic hydroxyl groups excluding tert-OH is 1. The Hall–Kier alpha value is -1.29. The Morgan fingerprint density at radius 3 is 2.75 bits per heavy atom. The molecular weight excluding hydrogens is 202 g/mol. The lowest BCUT2D eigenvalue weighted by molar-refractivity contribution is 0.213. The number of hydrogen-bond acceptors (Lipinski definition) is 4. The highest BCUT2D eigenvalue weighted by atomic mass is 16.3. The van der Waals surface area contributed by atoms with Crippen molar-refractivity contribution in [2.45, 2.75) is 38.1 Å². The van der Waals surface area contributed by atoms with Gasteiger partial charge in [0.2, 0.25) is 0 Å². The predicted octanol–water partition coefficient (Wildman–Crippen LogP) is 1.69. The third-order valence-corrected chi connectivity index (χ3v) is 3.35. The molecule has 0 saturated heterocycles. The molecule has 0 spiro atoms. The number of aromatic nitrogens is 1. The van der Waals surface area contributed by atoms with Crippen molar-refractivity contribution in [1.82, 2.24) is 4.98 Å². The highest BCUT2D eigenvalue weighted by Crippen LogP contribution is 2.33. The van der Waals surface area contributed by atoms with E-state index in [9.17, 15) is 5.11 Å². The molecule has 2 rings (SSSR count). The lowest BCUT2D eigenvalue weighted by Gasteiger charge is -2.29. The van der Waals surface area contributed by atoms with E-state index in [1.54, 1.807) is 6.20 Å². The van der Waals surface area contributed by atoms with Crippen LogP contribution in [-0.4, -0.2) is 22.2 Å². The van der Waals surface area contributed by atoms with Crippen molar-refractivity contribution in [3.63, 3.8) is 0 Å². The monoisotopic (exact) mass is 221 g/mol. The molecule has 1 heterocycles. The minimum Gasteiger partial charge on any atom is -0.397 e. The second-order valence-electron chi connectivity index (χ2n) is 4.70. The molecule has 16 heavy (non-hydrogen) atoms. The van der Waals surface area contributed by atoms with Crippen LogP contribution in [0.2, 0.25) is 0 Å². The van der Waals surface area contributed by atoms with Gasteiger partial charge in [-0.15, -0.1) is 0 Å². The van der Waals surface area contributed by atoms with Gasteiger partial charge in [-0.3, -0.25) is 0 Å². The van der Waals surface area contributed by atoms with Crippen molar-refractivity contribution >= 4 is 11.5 Å². The normalized spacial score (nSPS) is 18.6. The maximum Gasteiger partial charge on any atom is 0.129 e. The first-order valence-electron chi connectivity index (χ1n) is 5.76. The van der Waals surface area contributed by atoms with E-state index in [4.69, 9.17) is 5.73 Å². The van der Waals surface area contributed by atoms with Crippen LogP contribution in [0.5, 0.6) is 0 Å². The molecule has 0 amide bonds. The fourth-order valence-corrected chi connectivity index (χ4v) is 2.35. The Kier molecular flexibility index (Phi) is 3.01. The lowest BCUT2D eigenvalue weighted by Crippen LogP contribution is -2.39. The largest absolute Gasteiger partial charge is 0.397 e. The Balaban J connectivity index is 2.19. The summed E-state index contributed by atoms with van der Waals surface area (Å²) in [6.07, 6.45) is 6.00. The molecule has 0 unspecified atom stereocenters. The number of aliphatic hydroxyl groups is 1. The molecule has 1 aliphatic rings. The van der Waals surface area contributed by atoms with Crippen LogP contribution in [-0.2, 0) is 0 Å². The summed E-state index contributed by atoms with van der Waals surface area (Å²) in [4.78, 5) is 4.29. The van der Waals surface area contributed by atoms with Crippen molar-refractivity contribution in [3.05, 3.63) is 17.8 Å². The van der Waals surface area contributed by atoms with Gasteiger partial charge in [0.05, 0.1) is 24.0 Å². The summed E-state index contributed by atoms with van der Waals surface area (Å²) >= 11 is 0. The number of anilines is 2.